The molecule has 2 aromatic rings. The molecular weight excluding hydrogens is 276 g/mol. The minimum atomic E-state index is -0.902. The maximum atomic E-state index is 9.91. The van der Waals surface area contributed by atoms with Gasteiger partial charge in [0.05, 0.1) is 6.07 Å². The van der Waals surface area contributed by atoms with Gasteiger partial charge in [0, 0.05) is 11.1 Å². The zero-order valence-electron chi connectivity index (χ0n) is 12.1. The fraction of sp³-hybridized carbons (Fsp3) is 0.222. The first-order chi connectivity index (χ1) is 10.8. The van der Waals surface area contributed by atoms with E-state index in [4.69, 9.17) is 9.57 Å². The predicted molar refractivity (Wildman–Crippen MR) is 81.5 cm³/mol. The first kappa shape index (κ1) is 12.9. The van der Waals surface area contributed by atoms with Gasteiger partial charge in [-0.25, -0.2) is 0 Å². The molecule has 0 spiro atoms. The largest absolute Gasteiger partial charge is 0.491 e. The van der Waals surface area contributed by atoms with Crippen LogP contribution >= 0.6 is 0 Å². The van der Waals surface area contributed by atoms with E-state index in [0.29, 0.717) is 5.71 Å². The highest BCUT2D eigenvalue weighted by Crippen LogP contribution is 2.49. The molecule has 108 valence electrons. The number of oxime groups is 1. The first-order valence-corrected chi connectivity index (χ1v) is 7.19. The van der Waals surface area contributed by atoms with Crippen LogP contribution in [0, 0.1) is 23.7 Å². The number of ether oxygens (including phenoxy) is 1. The van der Waals surface area contributed by atoms with Gasteiger partial charge in [0.1, 0.15) is 18.1 Å². The van der Waals surface area contributed by atoms with Crippen molar-refractivity contribution in [2.45, 2.75) is 13.0 Å². The molecule has 0 aliphatic carbocycles. The number of para-hydroxylation sites is 1. The molecule has 2 aliphatic heterocycles. The fourth-order valence-corrected chi connectivity index (χ4v) is 3.16. The third-order valence-electron chi connectivity index (χ3n) is 4.39. The molecule has 2 heterocycles. The maximum absolute atomic E-state index is 9.91. The average molecular weight is 290 g/mol. The van der Waals surface area contributed by atoms with Crippen LogP contribution in [-0.4, -0.2) is 12.3 Å². The van der Waals surface area contributed by atoms with Gasteiger partial charge >= 0.3 is 0 Å². The second-order valence-electron chi connectivity index (χ2n) is 5.65. The van der Waals surface area contributed by atoms with Gasteiger partial charge in [-0.3, -0.25) is 0 Å². The van der Waals surface area contributed by atoms with Crippen molar-refractivity contribution >= 4 is 5.71 Å². The van der Waals surface area contributed by atoms with Crippen LogP contribution in [0.25, 0.3) is 0 Å². The number of nitrogens with zero attached hydrogens (tertiary/aromatic N) is 2. The summed E-state index contributed by atoms with van der Waals surface area (Å²) in [5.41, 5.74) is 2.67. The molecule has 0 saturated carbocycles. The molecule has 0 fully saturated rings. The minimum absolute atomic E-state index is 0.248. The van der Waals surface area contributed by atoms with Gasteiger partial charge in [-0.05, 0) is 24.6 Å². The van der Waals surface area contributed by atoms with Crippen LogP contribution in [0.4, 0.5) is 0 Å². The normalized spacial score (nSPS) is 25.1. The second-order valence-corrected chi connectivity index (χ2v) is 5.65. The lowest BCUT2D eigenvalue weighted by Crippen LogP contribution is -2.42. The van der Waals surface area contributed by atoms with Crippen LogP contribution in [0.3, 0.4) is 0 Å². The number of fused-ring (bicyclic) bond motifs is 3. The van der Waals surface area contributed by atoms with Crippen LogP contribution in [0.15, 0.2) is 53.7 Å². The Labute approximate surface area is 128 Å². The summed E-state index contributed by atoms with van der Waals surface area (Å²) in [6.07, 6.45) is -0.443. The molecule has 0 amide bonds. The lowest BCUT2D eigenvalue weighted by Gasteiger charge is -2.32. The summed E-state index contributed by atoms with van der Waals surface area (Å²) in [6, 6.07) is 18.0. The standard InChI is InChI=1S/C18H14N2O2/c1-12-6-2-3-7-13(12)17-18(10-19)11-21-15-9-5-4-8-14(15)16(18)20-22-17/h2-9,17H,11H2,1H3/t17-,18+/m0/s1. The molecule has 0 saturated heterocycles. The lowest BCUT2D eigenvalue weighted by atomic mass is 9.73. The summed E-state index contributed by atoms with van der Waals surface area (Å²) in [5, 5.41) is 14.2. The average Bonchev–Trinajstić information content (AvgIpc) is 2.95. The van der Waals surface area contributed by atoms with Crippen molar-refractivity contribution in [2.75, 3.05) is 6.61 Å². The monoisotopic (exact) mass is 290 g/mol. The van der Waals surface area contributed by atoms with Gasteiger partial charge in [-0.2, -0.15) is 5.26 Å². The number of nitriles is 1. The first-order valence-electron chi connectivity index (χ1n) is 7.19. The van der Waals surface area contributed by atoms with Crippen molar-refractivity contribution in [3.63, 3.8) is 0 Å². The molecule has 4 nitrogen and oxygen atoms in total. The smallest absolute Gasteiger partial charge is 0.180 e. The van der Waals surface area contributed by atoms with Gasteiger partial charge in [0.15, 0.2) is 11.5 Å². The van der Waals surface area contributed by atoms with Gasteiger partial charge in [-0.15, -0.1) is 0 Å². The molecule has 2 aromatic carbocycles. The van der Waals surface area contributed by atoms with E-state index < -0.39 is 11.5 Å². The molecule has 22 heavy (non-hydrogen) atoms. The Hall–Kier alpha value is -2.80. The van der Waals surface area contributed by atoms with E-state index in [-0.39, 0.29) is 6.61 Å². The van der Waals surface area contributed by atoms with Gasteiger partial charge in [-0.1, -0.05) is 41.6 Å². The van der Waals surface area contributed by atoms with E-state index in [0.717, 1.165) is 22.4 Å². The number of benzene rings is 2. The van der Waals surface area contributed by atoms with E-state index in [1.807, 2.05) is 55.5 Å². The third-order valence-corrected chi connectivity index (χ3v) is 4.39. The minimum Gasteiger partial charge on any atom is -0.491 e. The van der Waals surface area contributed by atoms with Gasteiger partial charge < -0.3 is 9.57 Å². The molecule has 2 atom stereocenters. The van der Waals surface area contributed by atoms with E-state index in [9.17, 15) is 5.26 Å². The molecular formula is C18H14N2O2. The van der Waals surface area contributed by atoms with Crippen molar-refractivity contribution in [3.8, 4) is 11.8 Å². The molecule has 0 unspecified atom stereocenters. The van der Waals surface area contributed by atoms with Crippen LogP contribution in [0.2, 0.25) is 0 Å². The quantitative estimate of drug-likeness (QED) is 0.809. The molecule has 0 radical (unpaired) electrons. The molecule has 4 heteroatoms. The summed E-state index contributed by atoms with van der Waals surface area (Å²) >= 11 is 0. The van der Waals surface area contributed by atoms with E-state index in [1.54, 1.807) is 0 Å². The third kappa shape index (κ3) is 1.59. The Bertz CT molecular complexity index is 822. The predicted octanol–water partition coefficient (Wildman–Crippen LogP) is 3.37. The Kier molecular flexibility index (Phi) is 2.70. The Balaban J connectivity index is 1.86. The van der Waals surface area contributed by atoms with E-state index in [1.165, 1.54) is 0 Å². The van der Waals surface area contributed by atoms with Crippen molar-refractivity contribution in [3.05, 3.63) is 65.2 Å². The summed E-state index contributed by atoms with van der Waals surface area (Å²) in [6.45, 7) is 2.26. The number of hydrogen-bond donors (Lipinski definition) is 0. The van der Waals surface area contributed by atoms with Crippen molar-refractivity contribution < 1.29 is 9.57 Å². The lowest BCUT2D eigenvalue weighted by molar-refractivity contribution is 0.0238. The molecule has 4 rings (SSSR count). The zero-order chi connectivity index (χ0) is 15.2. The SMILES string of the molecule is Cc1ccccc1[C@@H]1ON=C2c3ccccc3OC[C@]21C#N. The fourth-order valence-electron chi connectivity index (χ4n) is 3.16. The number of rotatable bonds is 1. The van der Waals surface area contributed by atoms with Gasteiger partial charge in [0.25, 0.3) is 0 Å². The summed E-state index contributed by atoms with van der Waals surface area (Å²) < 4.78 is 5.84. The molecule has 2 aliphatic rings. The number of hydrogen-bond acceptors (Lipinski definition) is 4. The van der Waals surface area contributed by atoms with Gasteiger partial charge in [0.2, 0.25) is 0 Å². The van der Waals surface area contributed by atoms with Crippen LogP contribution in [-0.2, 0) is 4.84 Å². The van der Waals surface area contributed by atoms with Crippen LogP contribution in [0.5, 0.6) is 5.75 Å². The summed E-state index contributed by atoms with van der Waals surface area (Å²) in [4.78, 5) is 5.70. The zero-order valence-corrected chi connectivity index (χ0v) is 12.1. The molecule has 0 bridgehead atoms. The highest BCUT2D eigenvalue weighted by atomic mass is 16.6. The van der Waals surface area contributed by atoms with E-state index >= 15 is 0 Å². The maximum Gasteiger partial charge on any atom is 0.180 e. The Morgan fingerprint density at radius 2 is 1.95 bits per heavy atom. The summed E-state index contributed by atoms with van der Waals surface area (Å²) in [7, 11) is 0. The van der Waals surface area contributed by atoms with Crippen LogP contribution in [0.1, 0.15) is 22.8 Å². The van der Waals surface area contributed by atoms with Crippen LogP contribution < -0.4 is 4.74 Å². The topological polar surface area (TPSA) is 54.6 Å². The number of aryl methyl sites for hydroxylation is 1. The summed E-state index contributed by atoms with van der Waals surface area (Å²) in [5.74, 6) is 0.751. The van der Waals surface area contributed by atoms with Crippen molar-refractivity contribution in [1.29, 1.82) is 5.26 Å². The van der Waals surface area contributed by atoms with Crippen molar-refractivity contribution in [2.24, 2.45) is 10.6 Å². The Morgan fingerprint density at radius 3 is 2.77 bits per heavy atom. The van der Waals surface area contributed by atoms with Crippen molar-refractivity contribution in [1.82, 2.24) is 0 Å². The second kappa shape index (κ2) is 4.60. The molecule has 0 N–H and O–H groups in total. The highest BCUT2D eigenvalue weighted by molar-refractivity contribution is 6.10. The Morgan fingerprint density at radius 1 is 1.18 bits per heavy atom. The molecule has 0 aromatic heterocycles. The van der Waals surface area contributed by atoms with E-state index in [2.05, 4.69) is 11.2 Å². The highest BCUT2D eigenvalue weighted by Gasteiger charge is 2.55.